The molecule has 0 bridgehead atoms. The van der Waals surface area contributed by atoms with Crippen molar-refractivity contribution < 1.29 is 9.18 Å². The average Bonchev–Trinajstić information content (AvgIpc) is 3.15. The highest BCUT2D eigenvalue weighted by atomic mass is 35.5. The molecule has 1 saturated heterocycles. The van der Waals surface area contributed by atoms with Crippen LogP contribution in [0.25, 0.3) is 0 Å². The lowest BCUT2D eigenvalue weighted by molar-refractivity contribution is 0.101. The Morgan fingerprint density at radius 2 is 1.94 bits per heavy atom. The van der Waals surface area contributed by atoms with Gasteiger partial charge in [-0.05, 0) is 49.7 Å². The van der Waals surface area contributed by atoms with Crippen LogP contribution in [0.4, 0.5) is 10.1 Å². The third-order valence-electron chi connectivity index (χ3n) is 6.14. The maximum Gasteiger partial charge on any atom is 0.188 e. The van der Waals surface area contributed by atoms with Gasteiger partial charge in [-0.2, -0.15) is 0 Å². The van der Waals surface area contributed by atoms with Crippen LogP contribution >= 0.6 is 47.9 Å². The van der Waals surface area contributed by atoms with Gasteiger partial charge >= 0.3 is 0 Å². The quantitative estimate of drug-likeness (QED) is 0.365. The van der Waals surface area contributed by atoms with Crippen LogP contribution in [0.5, 0.6) is 0 Å². The number of hydrogen-bond acceptors (Lipinski definition) is 7. The van der Waals surface area contributed by atoms with E-state index in [0.29, 0.717) is 11.0 Å². The summed E-state index contributed by atoms with van der Waals surface area (Å²) in [6.45, 7) is 4.11. The fourth-order valence-electron chi connectivity index (χ4n) is 4.27. The number of carbonyl (C=O) groups excluding carboxylic acids is 1. The number of aliphatic imine (C=N–C) groups is 1. The molecule has 0 N–H and O–H groups in total. The van der Waals surface area contributed by atoms with Crippen LogP contribution in [-0.2, 0) is 6.42 Å². The van der Waals surface area contributed by atoms with Crippen molar-refractivity contribution in [2.75, 3.05) is 26.7 Å². The Morgan fingerprint density at radius 3 is 2.71 bits per heavy atom. The normalized spacial score (nSPS) is 17.3. The molecule has 0 radical (unpaired) electrons. The maximum atomic E-state index is 13.6. The standard InChI is InChI=1S/C25H25FN4OS2.2ClH/c1-16(31)24-28-22-23(27-20-8-3-4-9-21(20)32-25(22)33-24)30-13-12-29(2)19(15-30)11-10-17-6-5-7-18(26)14-17;;/h3-9,14,19H,10-13,15H2,1-2H3;2*1H. The van der Waals surface area contributed by atoms with Crippen molar-refractivity contribution in [3.05, 3.63) is 70.6 Å². The van der Waals surface area contributed by atoms with Gasteiger partial charge in [0.05, 0.1) is 9.90 Å². The van der Waals surface area contributed by atoms with Crippen LogP contribution in [0.2, 0.25) is 0 Å². The molecule has 1 fully saturated rings. The predicted molar refractivity (Wildman–Crippen MR) is 146 cm³/mol. The van der Waals surface area contributed by atoms with E-state index in [9.17, 15) is 9.18 Å². The highest BCUT2D eigenvalue weighted by Crippen LogP contribution is 2.43. The van der Waals surface area contributed by atoms with Crippen molar-refractivity contribution >= 4 is 65.2 Å². The number of fused-ring (bicyclic) bond motifs is 2. The summed E-state index contributed by atoms with van der Waals surface area (Å²) in [4.78, 5) is 27.6. The first-order valence-electron chi connectivity index (χ1n) is 11.1. The van der Waals surface area contributed by atoms with Gasteiger partial charge < -0.3 is 4.90 Å². The van der Waals surface area contributed by atoms with Crippen LogP contribution in [0.15, 0.2) is 62.6 Å². The number of halogens is 3. The highest BCUT2D eigenvalue weighted by molar-refractivity contribution is 8.01. The van der Waals surface area contributed by atoms with Gasteiger partial charge in [0.25, 0.3) is 0 Å². The Bertz CT molecular complexity index is 1240. The maximum absolute atomic E-state index is 13.6. The number of likely N-dealkylation sites (N-methyl/N-ethyl adjacent to an activating group) is 1. The zero-order valence-corrected chi connectivity index (χ0v) is 22.7. The average molecular weight is 554 g/mol. The molecule has 0 amide bonds. The number of thiazole rings is 1. The number of Topliss-reactive ketones (excluding diaryl/α,β-unsaturated/α-hetero) is 1. The van der Waals surface area contributed by atoms with E-state index in [1.54, 1.807) is 30.8 Å². The number of hydrogen-bond donors (Lipinski definition) is 0. The molecule has 186 valence electrons. The van der Waals surface area contributed by atoms with Gasteiger partial charge in [0.15, 0.2) is 16.6 Å². The molecule has 1 atom stereocenters. The molecule has 0 spiro atoms. The number of amidine groups is 1. The molecule has 2 aliphatic rings. The number of aromatic nitrogens is 1. The van der Waals surface area contributed by atoms with Gasteiger partial charge in [0.2, 0.25) is 0 Å². The molecule has 1 unspecified atom stereocenters. The van der Waals surface area contributed by atoms with E-state index in [1.165, 1.54) is 17.4 Å². The van der Waals surface area contributed by atoms with E-state index in [1.807, 2.05) is 24.3 Å². The van der Waals surface area contributed by atoms with Gasteiger partial charge in [0, 0.05) is 37.5 Å². The zero-order valence-electron chi connectivity index (χ0n) is 19.4. The molecule has 2 aliphatic heterocycles. The van der Waals surface area contributed by atoms with Crippen LogP contribution in [-0.4, -0.2) is 59.1 Å². The highest BCUT2D eigenvalue weighted by Gasteiger charge is 2.31. The minimum atomic E-state index is -0.188. The van der Waals surface area contributed by atoms with Gasteiger partial charge in [-0.3, -0.25) is 9.69 Å². The first-order chi connectivity index (χ1) is 16.0. The minimum absolute atomic E-state index is 0. The molecule has 5 nitrogen and oxygen atoms in total. The lowest BCUT2D eigenvalue weighted by atomic mass is 10.0. The summed E-state index contributed by atoms with van der Waals surface area (Å²) >= 11 is 3.08. The third-order valence-corrected chi connectivity index (χ3v) is 8.53. The topological polar surface area (TPSA) is 48.8 Å². The molecule has 1 aromatic heterocycles. The van der Waals surface area contributed by atoms with Crippen molar-refractivity contribution in [3.63, 3.8) is 0 Å². The van der Waals surface area contributed by atoms with Crippen molar-refractivity contribution in [2.24, 2.45) is 4.99 Å². The summed E-state index contributed by atoms with van der Waals surface area (Å²) in [6.07, 6.45) is 1.75. The summed E-state index contributed by atoms with van der Waals surface area (Å²) < 4.78 is 14.6. The molecule has 2 aromatic carbocycles. The number of para-hydroxylation sites is 1. The Kier molecular flexibility index (Phi) is 9.34. The summed E-state index contributed by atoms with van der Waals surface area (Å²) in [5, 5.41) is 0.524. The largest absolute Gasteiger partial charge is 0.352 e. The lowest BCUT2D eigenvalue weighted by Gasteiger charge is -2.40. The second kappa shape index (κ2) is 11.8. The summed E-state index contributed by atoms with van der Waals surface area (Å²) in [5.41, 5.74) is 2.76. The second-order valence-corrected chi connectivity index (χ2v) is 10.8. The Balaban J connectivity index is 0.00000171. The molecule has 35 heavy (non-hydrogen) atoms. The first-order valence-corrected chi connectivity index (χ1v) is 12.7. The molecule has 10 heteroatoms. The Hall–Kier alpha value is -1.97. The third kappa shape index (κ3) is 6.06. The molecule has 3 heterocycles. The van der Waals surface area contributed by atoms with E-state index in [-0.39, 0.29) is 36.4 Å². The summed E-state index contributed by atoms with van der Waals surface area (Å²) in [5.74, 6) is 0.634. The van der Waals surface area contributed by atoms with Gasteiger partial charge in [-0.25, -0.2) is 14.4 Å². The van der Waals surface area contributed by atoms with Gasteiger partial charge in [-0.15, -0.1) is 36.2 Å². The van der Waals surface area contributed by atoms with E-state index in [4.69, 9.17) is 9.98 Å². The number of benzene rings is 2. The smallest absolute Gasteiger partial charge is 0.188 e. The summed E-state index contributed by atoms with van der Waals surface area (Å²) in [7, 11) is 2.15. The monoisotopic (exact) mass is 552 g/mol. The van der Waals surface area contributed by atoms with Gasteiger partial charge in [-0.1, -0.05) is 36.0 Å². The summed E-state index contributed by atoms with van der Waals surface area (Å²) in [6, 6.07) is 15.3. The number of carbonyl (C=O) groups is 1. The molecular weight excluding hydrogens is 526 g/mol. The van der Waals surface area contributed by atoms with Crippen molar-refractivity contribution in [2.45, 2.75) is 34.9 Å². The minimum Gasteiger partial charge on any atom is -0.352 e. The van der Waals surface area contributed by atoms with E-state index < -0.39 is 0 Å². The van der Waals surface area contributed by atoms with E-state index >= 15 is 0 Å². The predicted octanol–water partition coefficient (Wildman–Crippen LogP) is 6.12. The zero-order chi connectivity index (χ0) is 22.9. The number of piperazine rings is 1. The Labute approximate surface area is 225 Å². The first kappa shape index (κ1) is 27.6. The number of rotatable bonds is 4. The molecular formula is C25H27Cl2FN4OS2. The van der Waals surface area contributed by atoms with Crippen LogP contribution in [0.3, 0.4) is 0 Å². The van der Waals surface area contributed by atoms with E-state index in [0.717, 1.165) is 64.4 Å². The van der Waals surface area contributed by atoms with Crippen LogP contribution < -0.4 is 0 Å². The molecule has 0 saturated carbocycles. The number of ketones is 1. The number of nitrogens with zero attached hydrogens (tertiary/aromatic N) is 4. The molecule has 5 rings (SSSR count). The van der Waals surface area contributed by atoms with Crippen molar-refractivity contribution in [1.82, 2.24) is 14.8 Å². The van der Waals surface area contributed by atoms with Crippen LogP contribution in [0.1, 0.15) is 34.4 Å². The lowest BCUT2D eigenvalue weighted by Crippen LogP contribution is -2.53. The van der Waals surface area contributed by atoms with Gasteiger partial charge in [0.1, 0.15) is 11.5 Å². The fourth-order valence-corrected chi connectivity index (χ4v) is 6.43. The number of aryl methyl sites for hydroxylation is 1. The second-order valence-electron chi connectivity index (χ2n) is 8.47. The Morgan fingerprint density at radius 1 is 1.14 bits per heavy atom. The molecule has 0 aliphatic carbocycles. The van der Waals surface area contributed by atoms with Crippen molar-refractivity contribution in [3.8, 4) is 0 Å². The van der Waals surface area contributed by atoms with E-state index in [2.05, 4.69) is 22.9 Å². The SMILES string of the molecule is CC(=O)c1nc2c(s1)Sc1ccccc1N=C2N1CCN(C)C(CCc2cccc(F)c2)C1.Cl.Cl. The molecule has 3 aromatic rings. The fraction of sp³-hybridized carbons (Fsp3) is 0.320. The van der Waals surface area contributed by atoms with Crippen molar-refractivity contribution in [1.29, 1.82) is 0 Å². The van der Waals surface area contributed by atoms with Crippen LogP contribution in [0, 0.1) is 5.82 Å².